The lowest BCUT2D eigenvalue weighted by atomic mass is 9.90. The van der Waals surface area contributed by atoms with Crippen LogP contribution in [0.15, 0.2) is 0 Å². The monoisotopic (exact) mass is 478 g/mol. The molecule has 186 valence electrons. The van der Waals surface area contributed by atoms with E-state index in [2.05, 4.69) is 0 Å². The Morgan fingerprint density at radius 3 is 0.912 bits per heavy atom. The largest absolute Gasteiger partial charge is 0.495 e. The van der Waals surface area contributed by atoms with Gasteiger partial charge < -0.3 is 37.9 Å². The predicted octanol–water partition coefficient (Wildman–Crippen LogP) is 3.60. The molecule has 0 aromatic heterocycles. The van der Waals surface area contributed by atoms with Gasteiger partial charge in [-0.3, -0.25) is 0 Å². The predicted molar refractivity (Wildman–Crippen MR) is 123 cm³/mol. The third-order valence-electron chi connectivity index (χ3n) is 5.46. The van der Waals surface area contributed by atoms with Gasteiger partial charge in [-0.2, -0.15) is 0 Å². The minimum atomic E-state index is -0.665. The van der Waals surface area contributed by atoms with E-state index in [1.165, 1.54) is 56.9 Å². The molecule has 0 spiro atoms. The first-order valence-electron chi connectivity index (χ1n) is 10.1. The molecule has 0 saturated carbocycles. The van der Waals surface area contributed by atoms with E-state index < -0.39 is 11.9 Å². The summed E-state index contributed by atoms with van der Waals surface area (Å²) in [4.78, 5) is 25.6. The number of carbonyl (C=O) groups excluding carboxylic acids is 2. The molecule has 0 bridgehead atoms. The SMILES string of the molecule is COC(=O)c1c(C)c(OC)c(OC)c(-c2c(OC)c(OC)c(C)c(C(=O)OC)c2OC)c1OC. The van der Waals surface area contributed by atoms with Gasteiger partial charge in [0.2, 0.25) is 0 Å². The van der Waals surface area contributed by atoms with E-state index in [0.29, 0.717) is 11.1 Å². The number of esters is 2. The number of hydrogen-bond donors (Lipinski definition) is 0. The minimum Gasteiger partial charge on any atom is -0.495 e. The second kappa shape index (κ2) is 10.9. The summed E-state index contributed by atoms with van der Waals surface area (Å²) < 4.78 is 44.0. The van der Waals surface area contributed by atoms with Gasteiger partial charge in [0.05, 0.1) is 68.0 Å². The highest BCUT2D eigenvalue weighted by molar-refractivity contribution is 6.05. The first kappa shape index (κ1) is 26.4. The van der Waals surface area contributed by atoms with Crippen molar-refractivity contribution < 1.29 is 47.5 Å². The number of hydrogen-bond acceptors (Lipinski definition) is 10. The fourth-order valence-electron chi connectivity index (χ4n) is 4.03. The Hall–Kier alpha value is -3.82. The van der Waals surface area contributed by atoms with Crippen LogP contribution in [0.4, 0.5) is 0 Å². The van der Waals surface area contributed by atoms with Crippen molar-refractivity contribution >= 4 is 11.9 Å². The molecule has 0 N–H and O–H groups in total. The molecular weight excluding hydrogens is 448 g/mol. The standard InChI is InChI=1S/C24H30O10/c1-11-13(23(25)33-9)19(29-5)15(21(31-7)17(11)27-3)16-20(30-6)14(24(26)34-10)12(2)18(28-4)22(16)32-8/h1-10H3. The summed E-state index contributed by atoms with van der Waals surface area (Å²) in [6.07, 6.45) is 0. The van der Waals surface area contributed by atoms with Crippen LogP contribution in [0.2, 0.25) is 0 Å². The fraction of sp³-hybridized carbons (Fsp3) is 0.417. The van der Waals surface area contributed by atoms with Crippen molar-refractivity contribution in [2.45, 2.75) is 13.8 Å². The Balaban J connectivity index is 3.36. The zero-order chi connectivity index (χ0) is 25.7. The zero-order valence-electron chi connectivity index (χ0n) is 21.1. The zero-order valence-corrected chi connectivity index (χ0v) is 21.1. The average molecular weight is 478 g/mol. The highest BCUT2D eigenvalue weighted by Crippen LogP contribution is 2.58. The normalized spacial score (nSPS) is 10.3. The molecule has 0 atom stereocenters. The molecule has 0 saturated heterocycles. The highest BCUT2D eigenvalue weighted by atomic mass is 16.5. The Morgan fingerprint density at radius 2 is 0.706 bits per heavy atom. The van der Waals surface area contributed by atoms with Crippen LogP contribution in [0.3, 0.4) is 0 Å². The van der Waals surface area contributed by atoms with Crippen molar-refractivity contribution in [2.75, 3.05) is 56.9 Å². The smallest absolute Gasteiger partial charge is 0.342 e. The van der Waals surface area contributed by atoms with Crippen LogP contribution >= 0.6 is 0 Å². The molecule has 0 amide bonds. The van der Waals surface area contributed by atoms with E-state index in [1.54, 1.807) is 13.8 Å². The van der Waals surface area contributed by atoms with Crippen molar-refractivity contribution in [2.24, 2.45) is 0 Å². The summed E-state index contributed by atoms with van der Waals surface area (Å²) in [6, 6.07) is 0. The fourth-order valence-corrected chi connectivity index (χ4v) is 4.03. The minimum absolute atomic E-state index is 0.0975. The molecule has 0 aliphatic heterocycles. The van der Waals surface area contributed by atoms with Gasteiger partial charge in [0, 0.05) is 11.1 Å². The van der Waals surface area contributed by atoms with Crippen molar-refractivity contribution in [3.05, 3.63) is 22.3 Å². The van der Waals surface area contributed by atoms with Gasteiger partial charge in [0.15, 0.2) is 23.0 Å². The highest BCUT2D eigenvalue weighted by Gasteiger charge is 2.36. The van der Waals surface area contributed by atoms with Gasteiger partial charge in [-0.25, -0.2) is 9.59 Å². The van der Waals surface area contributed by atoms with Crippen LogP contribution in [-0.4, -0.2) is 68.8 Å². The summed E-state index contributed by atoms with van der Waals surface area (Å²) in [5.74, 6) is -0.210. The summed E-state index contributed by atoms with van der Waals surface area (Å²) in [5.41, 5.74) is 1.51. The lowest BCUT2D eigenvalue weighted by Crippen LogP contribution is -2.13. The molecule has 2 rings (SSSR count). The van der Waals surface area contributed by atoms with Gasteiger partial charge in [0.25, 0.3) is 0 Å². The van der Waals surface area contributed by atoms with Crippen LogP contribution in [0.1, 0.15) is 31.8 Å². The van der Waals surface area contributed by atoms with Gasteiger partial charge >= 0.3 is 11.9 Å². The lowest BCUT2D eigenvalue weighted by molar-refractivity contribution is 0.0586. The van der Waals surface area contributed by atoms with E-state index in [9.17, 15) is 9.59 Å². The summed E-state index contributed by atoms with van der Waals surface area (Å²) in [6.45, 7) is 3.34. The Kier molecular flexibility index (Phi) is 8.45. The third-order valence-corrected chi connectivity index (χ3v) is 5.46. The van der Waals surface area contributed by atoms with Gasteiger partial charge in [0.1, 0.15) is 22.6 Å². The number of ether oxygens (including phenoxy) is 8. The molecule has 2 aromatic carbocycles. The molecule has 0 fully saturated rings. The maximum Gasteiger partial charge on any atom is 0.342 e. The van der Waals surface area contributed by atoms with E-state index >= 15 is 0 Å². The molecule has 0 radical (unpaired) electrons. The molecule has 2 aromatic rings. The maximum absolute atomic E-state index is 12.8. The molecule has 10 heteroatoms. The topological polar surface area (TPSA) is 108 Å². The van der Waals surface area contributed by atoms with Crippen LogP contribution in [-0.2, 0) is 9.47 Å². The van der Waals surface area contributed by atoms with E-state index in [0.717, 1.165) is 0 Å². The van der Waals surface area contributed by atoms with Crippen LogP contribution < -0.4 is 28.4 Å². The van der Waals surface area contributed by atoms with Crippen LogP contribution in [0.5, 0.6) is 34.5 Å². The van der Waals surface area contributed by atoms with Gasteiger partial charge in [-0.15, -0.1) is 0 Å². The Bertz CT molecular complexity index is 1020. The molecular formula is C24H30O10. The first-order chi connectivity index (χ1) is 16.2. The van der Waals surface area contributed by atoms with Crippen molar-refractivity contribution in [1.82, 2.24) is 0 Å². The third kappa shape index (κ3) is 4.00. The van der Waals surface area contributed by atoms with Crippen molar-refractivity contribution in [3.8, 4) is 45.6 Å². The Morgan fingerprint density at radius 1 is 0.441 bits per heavy atom. The molecule has 10 nitrogen and oxygen atoms in total. The van der Waals surface area contributed by atoms with Gasteiger partial charge in [-0.05, 0) is 13.8 Å². The molecule has 0 unspecified atom stereocenters. The van der Waals surface area contributed by atoms with Gasteiger partial charge in [-0.1, -0.05) is 0 Å². The summed E-state index contributed by atoms with van der Waals surface area (Å²) in [5, 5.41) is 0. The second-order valence-electron chi connectivity index (χ2n) is 6.93. The molecule has 0 aliphatic carbocycles. The van der Waals surface area contributed by atoms with Crippen molar-refractivity contribution in [1.29, 1.82) is 0 Å². The van der Waals surface area contributed by atoms with E-state index in [1.807, 2.05) is 0 Å². The van der Waals surface area contributed by atoms with E-state index in [-0.39, 0.29) is 56.8 Å². The quantitative estimate of drug-likeness (QED) is 0.496. The first-order valence-corrected chi connectivity index (χ1v) is 10.1. The second-order valence-corrected chi connectivity index (χ2v) is 6.93. The molecule has 0 heterocycles. The lowest BCUT2D eigenvalue weighted by Gasteiger charge is -2.26. The number of carbonyl (C=O) groups is 2. The maximum atomic E-state index is 12.8. The Labute approximate surface area is 198 Å². The van der Waals surface area contributed by atoms with E-state index in [4.69, 9.17) is 37.9 Å². The molecule has 34 heavy (non-hydrogen) atoms. The van der Waals surface area contributed by atoms with Crippen LogP contribution in [0, 0.1) is 13.8 Å². The number of rotatable bonds is 9. The number of methoxy groups -OCH3 is 8. The van der Waals surface area contributed by atoms with Crippen molar-refractivity contribution in [3.63, 3.8) is 0 Å². The average Bonchev–Trinajstić information content (AvgIpc) is 2.85. The number of benzene rings is 2. The summed E-state index contributed by atoms with van der Waals surface area (Å²) in [7, 11) is 11.0. The summed E-state index contributed by atoms with van der Waals surface area (Å²) >= 11 is 0. The van der Waals surface area contributed by atoms with Crippen LogP contribution in [0.25, 0.3) is 11.1 Å². The molecule has 0 aliphatic rings.